The molecule has 0 aliphatic heterocycles. The van der Waals surface area contributed by atoms with Crippen molar-refractivity contribution in [2.75, 3.05) is 26.3 Å². The molecule has 116 valence electrons. The maximum Gasteiger partial charge on any atom is 0.261 e. The van der Waals surface area contributed by atoms with Crippen molar-refractivity contribution in [2.45, 2.75) is 39.5 Å². The van der Waals surface area contributed by atoms with Crippen molar-refractivity contribution in [3.05, 3.63) is 17.8 Å². The molecule has 1 aromatic rings. The normalized spacial score (nSPS) is 11.7. The molecule has 1 aromatic heterocycles. The molecule has 0 radical (unpaired) electrons. The number of oxazole rings is 1. The van der Waals surface area contributed by atoms with E-state index in [1.165, 1.54) is 0 Å². The van der Waals surface area contributed by atoms with E-state index in [9.17, 15) is 8.78 Å². The minimum absolute atomic E-state index is 0.231. The Morgan fingerprint density at radius 3 is 2.85 bits per heavy atom. The van der Waals surface area contributed by atoms with Crippen LogP contribution in [-0.2, 0) is 17.6 Å². The Hall–Kier alpha value is -1.01. The number of alkyl halides is 2. The summed E-state index contributed by atoms with van der Waals surface area (Å²) in [5.41, 5.74) is 0. The number of hydrogen-bond acceptors (Lipinski definition) is 4. The largest absolute Gasteiger partial charge is 0.446 e. The third-order valence-electron chi connectivity index (χ3n) is 2.63. The number of nitrogens with zero attached hydrogens (tertiary/aromatic N) is 1. The van der Waals surface area contributed by atoms with Crippen LogP contribution < -0.4 is 5.32 Å². The second-order valence-corrected chi connectivity index (χ2v) is 5.14. The van der Waals surface area contributed by atoms with Crippen molar-refractivity contribution in [3.63, 3.8) is 0 Å². The Bertz CT molecular complexity index is 357. The Labute approximate surface area is 118 Å². The highest BCUT2D eigenvalue weighted by molar-refractivity contribution is 4.94. The summed E-state index contributed by atoms with van der Waals surface area (Å²) in [6.45, 7) is 6.00. The van der Waals surface area contributed by atoms with E-state index in [2.05, 4.69) is 24.1 Å². The third kappa shape index (κ3) is 8.22. The van der Waals surface area contributed by atoms with Crippen molar-refractivity contribution in [3.8, 4) is 0 Å². The van der Waals surface area contributed by atoms with Gasteiger partial charge in [-0.2, -0.15) is 0 Å². The highest BCUT2D eigenvalue weighted by Crippen LogP contribution is 2.07. The van der Waals surface area contributed by atoms with Crippen molar-refractivity contribution in [2.24, 2.45) is 5.92 Å². The molecule has 0 atom stereocenters. The fourth-order valence-electron chi connectivity index (χ4n) is 1.68. The summed E-state index contributed by atoms with van der Waals surface area (Å²) in [4.78, 5) is 4.16. The molecule has 1 N–H and O–H groups in total. The SMILES string of the molecule is CC(C)CNCCCc1ncc(CCOCC(F)F)o1. The molecule has 0 spiro atoms. The second kappa shape index (κ2) is 9.83. The van der Waals surface area contributed by atoms with Gasteiger partial charge >= 0.3 is 0 Å². The van der Waals surface area contributed by atoms with E-state index in [1.807, 2.05) is 0 Å². The van der Waals surface area contributed by atoms with Gasteiger partial charge in [-0.15, -0.1) is 0 Å². The van der Waals surface area contributed by atoms with Gasteiger partial charge in [-0.1, -0.05) is 13.8 Å². The Kier molecular flexibility index (Phi) is 8.37. The minimum Gasteiger partial charge on any atom is -0.446 e. The molecule has 0 saturated heterocycles. The lowest BCUT2D eigenvalue weighted by Gasteiger charge is -2.05. The third-order valence-corrected chi connectivity index (χ3v) is 2.63. The van der Waals surface area contributed by atoms with Gasteiger partial charge in [0.2, 0.25) is 0 Å². The van der Waals surface area contributed by atoms with E-state index in [0.29, 0.717) is 24.0 Å². The predicted molar refractivity (Wildman–Crippen MR) is 73.1 cm³/mol. The van der Waals surface area contributed by atoms with Crippen LogP contribution in [0.25, 0.3) is 0 Å². The molecule has 0 aliphatic rings. The summed E-state index contributed by atoms with van der Waals surface area (Å²) in [5.74, 6) is 2.03. The number of rotatable bonds is 11. The molecule has 0 aliphatic carbocycles. The number of aryl methyl sites for hydroxylation is 1. The molecule has 20 heavy (non-hydrogen) atoms. The van der Waals surface area contributed by atoms with Crippen LogP contribution in [0.2, 0.25) is 0 Å². The fraction of sp³-hybridized carbons (Fsp3) is 0.786. The van der Waals surface area contributed by atoms with Crippen LogP contribution in [0.5, 0.6) is 0 Å². The van der Waals surface area contributed by atoms with E-state index in [-0.39, 0.29) is 6.61 Å². The molecule has 0 fully saturated rings. The lowest BCUT2D eigenvalue weighted by molar-refractivity contribution is 0.0176. The number of nitrogens with one attached hydrogen (secondary N) is 1. The molecular formula is C14H24F2N2O2. The van der Waals surface area contributed by atoms with Gasteiger partial charge in [0, 0.05) is 12.8 Å². The highest BCUT2D eigenvalue weighted by Gasteiger charge is 2.06. The molecule has 6 heteroatoms. The Morgan fingerprint density at radius 2 is 2.15 bits per heavy atom. The average molecular weight is 290 g/mol. The molecule has 4 nitrogen and oxygen atoms in total. The van der Waals surface area contributed by atoms with Crippen LogP contribution >= 0.6 is 0 Å². The van der Waals surface area contributed by atoms with Gasteiger partial charge in [-0.3, -0.25) is 0 Å². The Balaban J connectivity index is 2.10. The Morgan fingerprint density at radius 1 is 1.35 bits per heavy atom. The summed E-state index contributed by atoms with van der Waals surface area (Å²) in [5, 5.41) is 3.35. The maximum absolute atomic E-state index is 11.8. The van der Waals surface area contributed by atoms with E-state index >= 15 is 0 Å². The molecule has 0 bridgehead atoms. The number of ether oxygens (including phenoxy) is 1. The summed E-state index contributed by atoms with van der Waals surface area (Å²) in [6.07, 6.45) is 1.45. The van der Waals surface area contributed by atoms with Crippen molar-refractivity contribution >= 4 is 0 Å². The quantitative estimate of drug-likeness (QED) is 0.637. The smallest absolute Gasteiger partial charge is 0.261 e. The van der Waals surface area contributed by atoms with Gasteiger partial charge in [0.1, 0.15) is 12.4 Å². The number of halogens is 2. The lowest BCUT2D eigenvalue weighted by atomic mass is 10.2. The summed E-state index contributed by atoms with van der Waals surface area (Å²) >= 11 is 0. The number of aromatic nitrogens is 1. The van der Waals surface area contributed by atoms with E-state index < -0.39 is 13.0 Å². The van der Waals surface area contributed by atoms with Gasteiger partial charge in [0.15, 0.2) is 5.89 Å². The van der Waals surface area contributed by atoms with Crippen LogP contribution in [0.1, 0.15) is 31.9 Å². The minimum atomic E-state index is -2.42. The van der Waals surface area contributed by atoms with Crippen molar-refractivity contribution in [1.82, 2.24) is 10.3 Å². The van der Waals surface area contributed by atoms with Gasteiger partial charge in [-0.25, -0.2) is 13.8 Å². The molecule has 0 unspecified atom stereocenters. The van der Waals surface area contributed by atoms with E-state index in [1.54, 1.807) is 6.20 Å². The molecular weight excluding hydrogens is 266 g/mol. The van der Waals surface area contributed by atoms with Crippen molar-refractivity contribution < 1.29 is 17.9 Å². The fourth-order valence-corrected chi connectivity index (χ4v) is 1.68. The predicted octanol–water partition coefficient (Wildman–Crippen LogP) is 2.68. The molecule has 1 rings (SSSR count). The maximum atomic E-state index is 11.8. The summed E-state index contributed by atoms with van der Waals surface area (Å²) in [7, 11) is 0. The summed E-state index contributed by atoms with van der Waals surface area (Å²) in [6, 6.07) is 0. The van der Waals surface area contributed by atoms with E-state index in [4.69, 9.17) is 9.15 Å². The highest BCUT2D eigenvalue weighted by atomic mass is 19.3. The van der Waals surface area contributed by atoms with Gasteiger partial charge in [0.25, 0.3) is 6.43 Å². The monoisotopic (exact) mass is 290 g/mol. The van der Waals surface area contributed by atoms with Crippen LogP contribution in [-0.4, -0.2) is 37.7 Å². The zero-order valence-electron chi connectivity index (χ0n) is 12.2. The second-order valence-electron chi connectivity index (χ2n) is 5.14. The van der Waals surface area contributed by atoms with E-state index in [0.717, 1.165) is 25.9 Å². The van der Waals surface area contributed by atoms with Crippen LogP contribution in [0.4, 0.5) is 8.78 Å². The molecule has 1 heterocycles. The van der Waals surface area contributed by atoms with Crippen molar-refractivity contribution in [1.29, 1.82) is 0 Å². The van der Waals surface area contributed by atoms with Crippen LogP contribution in [0.3, 0.4) is 0 Å². The molecule has 0 amide bonds. The topological polar surface area (TPSA) is 47.3 Å². The first-order valence-electron chi connectivity index (χ1n) is 7.08. The lowest BCUT2D eigenvalue weighted by Crippen LogP contribution is -2.21. The van der Waals surface area contributed by atoms with Crippen LogP contribution in [0, 0.1) is 5.92 Å². The average Bonchev–Trinajstić information content (AvgIpc) is 2.81. The van der Waals surface area contributed by atoms with Gasteiger partial charge in [0.05, 0.1) is 12.8 Å². The standard InChI is InChI=1S/C14H24F2N2O2/c1-11(2)8-17-6-3-4-14-18-9-12(20-14)5-7-19-10-13(15)16/h9,11,13,17H,3-8,10H2,1-2H3. The van der Waals surface area contributed by atoms with Gasteiger partial charge in [-0.05, 0) is 25.4 Å². The summed E-state index contributed by atoms with van der Waals surface area (Å²) < 4.78 is 34.0. The first kappa shape index (κ1) is 17.0. The first-order chi connectivity index (χ1) is 9.58. The van der Waals surface area contributed by atoms with Crippen LogP contribution in [0.15, 0.2) is 10.6 Å². The van der Waals surface area contributed by atoms with Gasteiger partial charge < -0.3 is 14.5 Å². The zero-order chi connectivity index (χ0) is 14.8. The molecule has 0 saturated carbocycles. The number of hydrogen-bond donors (Lipinski definition) is 1. The molecule has 0 aromatic carbocycles. The first-order valence-corrected chi connectivity index (χ1v) is 7.08. The zero-order valence-corrected chi connectivity index (χ0v) is 12.2.